The van der Waals surface area contributed by atoms with E-state index >= 15 is 0 Å². The highest BCUT2D eigenvalue weighted by Crippen LogP contribution is 2.22. The van der Waals surface area contributed by atoms with E-state index < -0.39 is 12.1 Å². The smallest absolute Gasteiger partial charge is 0.128 e. The molecule has 0 aromatic heterocycles. The minimum absolute atomic E-state index is 0.339. The van der Waals surface area contributed by atoms with Gasteiger partial charge in [-0.2, -0.15) is 0 Å². The Balaban J connectivity index is 2.78. The third kappa shape index (κ3) is 3.29. The molecule has 0 amide bonds. The molecule has 0 aliphatic heterocycles. The molecule has 3 heteroatoms. The zero-order valence-corrected chi connectivity index (χ0v) is 9.91. The van der Waals surface area contributed by atoms with E-state index in [1.807, 2.05) is 13.8 Å². The van der Waals surface area contributed by atoms with Gasteiger partial charge in [-0.05, 0) is 19.4 Å². The molecule has 16 heavy (non-hydrogen) atoms. The molecule has 0 aliphatic carbocycles. The molecule has 0 fully saturated rings. The summed E-state index contributed by atoms with van der Waals surface area (Å²) in [5, 5.41) is 9.83. The summed E-state index contributed by atoms with van der Waals surface area (Å²) < 4.78 is 13.5. The van der Waals surface area contributed by atoms with Gasteiger partial charge in [-0.15, -0.1) is 0 Å². The Morgan fingerprint density at radius 1 is 1.44 bits per heavy atom. The fourth-order valence-electron chi connectivity index (χ4n) is 1.72. The van der Waals surface area contributed by atoms with Gasteiger partial charge in [0.05, 0.1) is 12.1 Å². The average molecular weight is 225 g/mol. The molecule has 1 rings (SSSR count). The first-order chi connectivity index (χ1) is 7.56. The van der Waals surface area contributed by atoms with Crippen LogP contribution in [0.15, 0.2) is 18.2 Å². The third-order valence-electron chi connectivity index (χ3n) is 2.78. The second-order valence-electron chi connectivity index (χ2n) is 4.26. The molecule has 0 bridgehead atoms. The average Bonchev–Trinajstić information content (AvgIpc) is 2.28. The van der Waals surface area contributed by atoms with Crippen LogP contribution in [0.3, 0.4) is 0 Å². The molecule has 0 spiro atoms. The second kappa shape index (κ2) is 5.97. The summed E-state index contributed by atoms with van der Waals surface area (Å²) in [7, 11) is 0. The molecule has 0 heterocycles. The molecule has 2 atom stereocenters. The van der Waals surface area contributed by atoms with Gasteiger partial charge in [0.1, 0.15) is 5.82 Å². The van der Waals surface area contributed by atoms with Crippen molar-refractivity contribution in [1.29, 1.82) is 0 Å². The van der Waals surface area contributed by atoms with Gasteiger partial charge in [0, 0.05) is 5.56 Å². The first-order valence-corrected chi connectivity index (χ1v) is 5.76. The number of rotatable bonds is 5. The van der Waals surface area contributed by atoms with Gasteiger partial charge in [-0.25, -0.2) is 4.39 Å². The quantitative estimate of drug-likeness (QED) is 0.809. The summed E-state index contributed by atoms with van der Waals surface area (Å²) in [4.78, 5) is 0. The van der Waals surface area contributed by atoms with Crippen molar-refractivity contribution in [2.75, 3.05) is 0 Å². The van der Waals surface area contributed by atoms with Crippen molar-refractivity contribution in [1.82, 2.24) is 0 Å². The highest BCUT2D eigenvalue weighted by atomic mass is 19.1. The summed E-state index contributed by atoms with van der Waals surface area (Å²) in [5.74, 6) is -0.339. The van der Waals surface area contributed by atoms with E-state index in [-0.39, 0.29) is 5.82 Å². The fraction of sp³-hybridized carbons (Fsp3) is 0.538. The predicted molar refractivity (Wildman–Crippen MR) is 63.6 cm³/mol. The maximum Gasteiger partial charge on any atom is 0.128 e. The largest absolute Gasteiger partial charge is 0.391 e. The summed E-state index contributed by atoms with van der Waals surface area (Å²) in [5.41, 5.74) is 7.22. The van der Waals surface area contributed by atoms with E-state index in [1.54, 1.807) is 12.1 Å². The lowest BCUT2D eigenvalue weighted by Gasteiger charge is -2.19. The van der Waals surface area contributed by atoms with Gasteiger partial charge in [0.25, 0.3) is 0 Å². The van der Waals surface area contributed by atoms with Crippen molar-refractivity contribution in [3.8, 4) is 0 Å². The van der Waals surface area contributed by atoms with Crippen molar-refractivity contribution < 1.29 is 9.50 Å². The van der Waals surface area contributed by atoms with Gasteiger partial charge in [-0.3, -0.25) is 0 Å². The van der Waals surface area contributed by atoms with Crippen LogP contribution in [0.25, 0.3) is 0 Å². The van der Waals surface area contributed by atoms with E-state index in [1.165, 1.54) is 6.07 Å². The molecule has 1 aromatic carbocycles. The zero-order chi connectivity index (χ0) is 12.1. The normalized spacial score (nSPS) is 14.8. The van der Waals surface area contributed by atoms with Crippen LogP contribution in [0.5, 0.6) is 0 Å². The number of benzene rings is 1. The SMILES string of the molecule is CCCC[C@H](O)[C@H](N)c1cc(C)ccc1F. The van der Waals surface area contributed by atoms with Gasteiger partial charge in [0.15, 0.2) is 0 Å². The van der Waals surface area contributed by atoms with E-state index in [9.17, 15) is 9.50 Å². The lowest BCUT2D eigenvalue weighted by molar-refractivity contribution is 0.131. The van der Waals surface area contributed by atoms with Crippen molar-refractivity contribution in [3.63, 3.8) is 0 Å². The lowest BCUT2D eigenvalue weighted by atomic mass is 9.97. The maximum atomic E-state index is 13.5. The number of hydrogen-bond acceptors (Lipinski definition) is 2. The molecule has 2 nitrogen and oxygen atoms in total. The van der Waals surface area contributed by atoms with Crippen molar-refractivity contribution in [3.05, 3.63) is 35.1 Å². The summed E-state index contributed by atoms with van der Waals surface area (Å²) in [6, 6.07) is 4.17. The zero-order valence-electron chi connectivity index (χ0n) is 9.91. The van der Waals surface area contributed by atoms with Crippen LogP contribution >= 0.6 is 0 Å². The highest BCUT2D eigenvalue weighted by Gasteiger charge is 2.19. The Hall–Kier alpha value is -0.930. The van der Waals surface area contributed by atoms with Gasteiger partial charge in [-0.1, -0.05) is 37.5 Å². The fourth-order valence-corrected chi connectivity index (χ4v) is 1.72. The number of aliphatic hydroxyl groups excluding tert-OH is 1. The first kappa shape index (κ1) is 13.1. The van der Waals surface area contributed by atoms with Crippen LogP contribution in [0.4, 0.5) is 4.39 Å². The molecule has 0 radical (unpaired) electrons. The Kier molecular flexibility index (Phi) is 4.90. The van der Waals surface area contributed by atoms with Crippen molar-refractivity contribution in [2.45, 2.75) is 45.3 Å². The Morgan fingerprint density at radius 2 is 2.12 bits per heavy atom. The summed E-state index contributed by atoms with van der Waals surface area (Å²) in [6.45, 7) is 3.93. The summed E-state index contributed by atoms with van der Waals surface area (Å²) in [6.07, 6.45) is 1.85. The number of hydrogen-bond donors (Lipinski definition) is 2. The van der Waals surface area contributed by atoms with Crippen molar-refractivity contribution >= 4 is 0 Å². The van der Waals surface area contributed by atoms with Gasteiger partial charge in [0.2, 0.25) is 0 Å². The number of aliphatic hydroxyl groups is 1. The maximum absolute atomic E-state index is 13.5. The Bertz CT molecular complexity index is 341. The monoisotopic (exact) mass is 225 g/mol. The van der Waals surface area contributed by atoms with Crippen molar-refractivity contribution in [2.24, 2.45) is 5.73 Å². The second-order valence-corrected chi connectivity index (χ2v) is 4.26. The molecular formula is C13H20FNO. The molecule has 0 saturated heterocycles. The van der Waals surface area contributed by atoms with Crippen LogP contribution in [-0.4, -0.2) is 11.2 Å². The lowest BCUT2D eigenvalue weighted by Crippen LogP contribution is -2.27. The molecule has 0 saturated carbocycles. The minimum atomic E-state index is -0.670. The van der Waals surface area contributed by atoms with Crippen LogP contribution in [-0.2, 0) is 0 Å². The van der Waals surface area contributed by atoms with E-state index in [0.29, 0.717) is 12.0 Å². The first-order valence-electron chi connectivity index (χ1n) is 5.76. The summed E-state index contributed by atoms with van der Waals surface area (Å²) >= 11 is 0. The number of halogens is 1. The molecular weight excluding hydrogens is 205 g/mol. The molecule has 1 aromatic rings. The Morgan fingerprint density at radius 3 is 2.75 bits per heavy atom. The standard InChI is InChI=1S/C13H20FNO/c1-3-4-5-12(16)13(15)10-8-9(2)6-7-11(10)14/h6-8,12-13,16H,3-5,15H2,1-2H3/t12-,13+/m0/s1. The van der Waals surface area contributed by atoms with Crippen LogP contribution in [0.1, 0.15) is 43.4 Å². The Labute approximate surface area is 96.3 Å². The molecule has 90 valence electrons. The van der Waals surface area contributed by atoms with E-state index in [0.717, 1.165) is 18.4 Å². The van der Waals surface area contributed by atoms with E-state index in [2.05, 4.69) is 0 Å². The predicted octanol–water partition coefficient (Wildman–Crippen LogP) is 2.69. The van der Waals surface area contributed by atoms with Crippen LogP contribution in [0.2, 0.25) is 0 Å². The number of nitrogens with two attached hydrogens (primary N) is 1. The van der Waals surface area contributed by atoms with Gasteiger partial charge >= 0.3 is 0 Å². The molecule has 0 unspecified atom stereocenters. The topological polar surface area (TPSA) is 46.2 Å². The molecule has 0 aliphatic rings. The number of unbranched alkanes of at least 4 members (excludes halogenated alkanes) is 1. The van der Waals surface area contributed by atoms with Gasteiger partial charge < -0.3 is 10.8 Å². The molecule has 3 N–H and O–H groups in total. The van der Waals surface area contributed by atoms with E-state index in [4.69, 9.17) is 5.73 Å². The minimum Gasteiger partial charge on any atom is -0.391 e. The van der Waals surface area contributed by atoms with Crippen LogP contribution in [0, 0.1) is 12.7 Å². The van der Waals surface area contributed by atoms with Crippen LogP contribution < -0.4 is 5.73 Å². The third-order valence-corrected chi connectivity index (χ3v) is 2.78. The highest BCUT2D eigenvalue weighted by molar-refractivity contribution is 5.27. The number of aryl methyl sites for hydroxylation is 1.